The SMILES string of the molecule is c1ccc2c(NC3C4CC5CC(C4)CC3C5)nc(N3CCCC3)nc2c1. The lowest BCUT2D eigenvalue weighted by Gasteiger charge is -2.54. The lowest BCUT2D eigenvalue weighted by atomic mass is 9.54. The molecule has 4 bridgehead atoms. The minimum Gasteiger partial charge on any atom is -0.366 e. The van der Waals surface area contributed by atoms with Crippen molar-refractivity contribution in [2.45, 2.75) is 51.0 Å². The van der Waals surface area contributed by atoms with Gasteiger partial charge in [-0.2, -0.15) is 4.98 Å². The van der Waals surface area contributed by atoms with Gasteiger partial charge in [0, 0.05) is 24.5 Å². The molecule has 1 aromatic carbocycles. The standard InChI is InChI=1S/C22H28N4/c1-2-6-19-18(5-1)21(25-22(23-19)26-7-3-4-8-26)24-20-16-10-14-9-15(12-16)13-17(20)11-14/h1-2,5-6,14-17,20H,3-4,7-13H2,(H,23,24,25). The van der Waals surface area contributed by atoms with Crippen molar-refractivity contribution in [1.82, 2.24) is 9.97 Å². The molecule has 1 aromatic heterocycles. The van der Waals surface area contributed by atoms with Gasteiger partial charge in [0.25, 0.3) is 0 Å². The molecule has 0 spiro atoms. The maximum atomic E-state index is 5.04. The normalized spacial score (nSPS) is 35.4. The van der Waals surface area contributed by atoms with Crippen molar-refractivity contribution in [2.24, 2.45) is 23.7 Å². The van der Waals surface area contributed by atoms with E-state index in [0.29, 0.717) is 6.04 Å². The molecule has 0 unspecified atom stereocenters. The van der Waals surface area contributed by atoms with Crippen LogP contribution < -0.4 is 10.2 Å². The Kier molecular flexibility index (Phi) is 3.42. The maximum Gasteiger partial charge on any atom is 0.227 e. The zero-order chi connectivity index (χ0) is 17.1. The maximum absolute atomic E-state index is 5.04. The van der Waals surface area contributed by atoms with E-state index in [0.717, 1.165) is 54.0 Å². The van der Waals surface area contributed by atoms with Crippen molar-refractivity contribution in [2.75, 3.05) is 23.3 Å². The van der Waals surface area contributed by atoms with E-state index in [1.165, 1.54) is 50.3 Å². The minimum atomic E-state index is 0.618. The lowest BCUT2D eigenvalue weighted by molar-refractivity contribution is 0.00746. The van der Waals surface area contributed by atoms with Crippen molar-refractivity contribution >= 4 is 22.7 Å². The summed E-state index contributed by atoms with van der Waals surface area (Å²) < 4.78 is 0. The number of hydrogen-bond donors (Lipinski definition) is 1. The molecule has 4 heteroatoms. The Morgan fingerprint density at radius 1 is 0.846 bits per heavy atom. The second-order valence-electron chi connectivity index (χ2n) is 9.18. The van der Waals surface area contributed by atoms with Gasteiger partial charge in [-0.3, -0.25) is 0 Å². The quantitative estimate of drug-likeness (QED) is 0.889. The average Bonchev–Trinajstić information content (AvgIpc) is 3.18. The van der Waals surface area contributed by atoms with Crippen LogP contribution >= 0.6 is 0 Å². The summed E-state index contributed by atoms with van der Waals surface area (Å²) in [5.74, 6) is 5.74. The summed E-state index contributed by atoms with van der Waals surface area (Å²) in [6, 6.07) is 9.15. The Labute approximate surface area is 155 Å². The van der Waals surface area contributed by atoms with Gasteiger partial charge in [-0.15, -0.1) is 0 Å². The zero-order valence-electron chi connectivity index (χ0n) is 15.4. The molecular formula is C22H28N4. The third-order valence-corrected chi connectivity index (χ3v) is 7.51. The van der Waals surface area contributed by atoms with E-state index in [-0.39, 0.29) is 0 Å². The number of nitrogens with zero attached hydrogens (tertiary/aromatic N) is 3. The van der Waals surface area contributed by atoms with Gasteiger partial charge in [0.1, 0.15) is 5.82 Å². The number of hydrogen-bond acceptors (Lipinski definition) is 4. The van der Waals surface area contributed by atoms with Gasteiger partial charge in [-0.1, -0.05) is 12.1 Å². The van der Waals surface area contributed by atoms with Crippen LogP contribution in [0.1, 0.15) is 44.9 Å². The van der Waals surface area contributed by atoms with E-state index >= 15 is 0 Å². The topological polar surface area (TPSA) is 41.1 Å². The van der Waals surface area contributed by atoms with E-state index < -0.39 is 0 Å². The molecular weight excluding hydrogens is 320 g/mol. The first-order valence-corrected chi connectivity index (χ1v) is 10.6. The summed E-state index contributed by atoms with van der Waals surface area (Å²) in [5.41, 5.74) is 1.08. The Morgan fingerprint density at radius 3 is 2.27 bits per heavy atom. The highest BCUT2D eigenvalue weighted by atomic mass is 15.3. The molecule has 1 N–H and O–H groups in total. The Hall–Kier alpha value is -1.84. The van der Waals surface area contributed by atoms with Crippen LogP contribution in [0.5, 0.6) is 0 Å². The van der Waals surface area contributed by atoms with Crippen molar-refractivity contribution in [3.05, 3.63) is 24.3 Å². The Balaban J connectivity index is 1.37. The first-order valence-electron chi connectivity index (χ1n) is 10.6. The highest BCUT2D eigenvalue weighted by molar-refractivity contribution is 5.90. The number of fused-ring (bicyclic) bond motifs is 1. The van der Waals surface area contributed by atoms with Gasteiger partial charge in [-0.05, 0) is 80.8 Å². The van der Waals surface area contributed by atoms with Crippen molar-refractivity contribution < 1.29 is 0 Å². The molecule has 0 atom stereocenters. The monoisotopic (exact) mass is 348 g/mol. The van der Waals surface area contributed by atoms with Crippen molar-refractivity contribution in [3.63, 3.8) is 0 Å². The number of nitrogens with one attached hydrogen (secondary N) is 1. The molecule has 7 rings (SSSR count). The van der Waals surface area contributed by atoms with Crippen molar-refractivity contribution in [1.29, 1.82) is 0 Å². The van der Waals surface area contributed by atoms with Gasteiger partial charge in [0.05, 0.1) is 5.52 Å². The summed E-state index contributed by atoms with van der Waals surface area (Å²) in [5, 5.41) is 5.14. The number of aromatic nitrogens is 2. The van der Waals surface area contributed by atoms with Crippen LogP contribution in [0.25, 0.3) is 10.9 Å². The highest BCUT2D eigenvalue weighted by Crippen LogP contribution is 2.54. The molecule has 1 aliphatic heterocycles. The fraction of sp³-hybridized carbons (Fsp3) is 0.636. The minimum absolute atomic E-state index is 0.618. The van der Waals surface area contributed by atoms with Gasteiger partial charge >= 0.3 is 0 Å². The van der Waals surface area contributed by atoms with Crippen LogP contribution in [0.15, 0.2) is 24.3 Å². The zero-order valence-corrected chi connectivity index (χ0v) is 15.4. The van der Waals surface area contributed by atoms with Crippen LogP contribution in [0.4, 0.5) is 11.8 Å². The number of rotatable bonds is 3. The molecule has 1 saturated heterocycles. The molecule has 136 valence electrons. The molecule has 4 aliphatic carbocycles. The van der Waals surface area contributed by atoms with Crippen LogP contribution in [-0.2, 0) is 0 Å². The third-order valence-electron chi connectivity index (χ3n) is 7.51. The molecule has 4 nitrogen and oxygen atoms in total. The fourth-order valence-corrected chi connectivity index (χ4v) is 6.55. The molecule has 2 aromatic rings. The molecule has 0 amide bonds. The lowest BCUT2D eigenvalue weighted by Crippen LogP contribution is -2.51. The number of benzene rings is 1. The molecule has 5 fully saturated rings. The first kappa shape index (κ1) is 15.2. The highest BCUT2D eigenvalue weighted by Gasteiger charge is 2.48. The Bertz CT molecular complexity index is 798. The fourth-order valence-electron chi connectivity index (χ4n) is 6.55. The summed E-state index contributed by atoms with van der Waals surface area (Å²) in [6.07, 6.45) is 9.77. The van der Waals surface area contributed by atoms with E-state index in [1.54, 1.807) is 0 Å². The molecule has 4 saturated carbocycles. The van der Waals surface area contributed by atoms with E-state index in [4.69, 9.17) is 9.97 Å². The number of anilines is 2. The molecule has 5 aliphatic rings. The van der Waals surface area contributed by atoms with E-state index in [9.17, 15) is 0 Å². The van der Waals surface area contributed by atoms with Gasteiger partial charge in [0.15, 0.2) is 0 Å². The van der Waals surface area contributed by atoms with E-state index in [1.807, 2.05) is 0 Å². The van der Waals surface area contributed by atoms with Crippen LogP contribution in [-0.4, -0.2) is 29.1 Å². The van der Waals surface area contributed by atoms with Crippen LogP contribution in [0, 0.1) is 23.7 Å². The summed E-state index contributed by atoms with van der Waals surface area (Å²) >= 11 is 0. The largest absolute Gasteiger partial charge is 0.366 e. The summed E-state index contributed by atoms with van der Waals surface area (Å²) in [4.78, 5) is 12.3. The summed E-state index contributed by atoms with van der Waals surface area (Å²) in [7, 11) is 0. The average molecular weight is 348 g/mol. The van der Waals surface area contributed by atoms with Crippen molar-refractivity contribution in [3.8, 4) is 0 Å². The Morgan fingerprint density at radius 2 is 1.54 bits per heavy atom. The summed E-state index contributed by atoms with van der Waals surface area (Å²) in [6.45, 7) is 2.19. The van der Waals surface area contributed by atoms with Gasteiger partial charge in [-0.25, -0.2) is 4.98 Å². The predicted molar refractivity (Wildman–Crippen MR) is 105 cm³/mol. The molecule has 2 heterocycles. The second kappa shape index (κ2) is 5.83. The van der Waals surface area contributed by atoms with Gasteiger partial charge < -0.3 is 10.2 Å². The van der Waals surface area contributed by atoms with Gasteiger partial charge in [0.2, 0.25) is 5.95 Å². The predicted octanol–water partition coefficient (Wildman–Crippen LogP) is 4.47. The molecule has 0 radical (unpaired) electrons. The smallest absolute Gasteiger partial charge is 0.227 e. The first-order chi connectivity index (χ1) is 12.8. The third kappa shape index (κ3) is 2.41. The second-order valence-corrected chi connectivity index (χ2v) is 9.18. The van der Waals surface area contributed by atoms with Crippen LogP contribution in [0.3, 0.4) is 0 Å². The molecule has 26 heavy (non-hydrogen) atoms. The van der Waals surface area contributed by atoms with E-state index in [2.05, 4.69) is 34.5 Å². The van der Waals surface area contributed by atoms with Crippen LogP contribution in [0.2, 0.25) is 0 Å². The number of para-hydroxylation sites is 1.